The van der Waals surface area contributed by atoms with E-state index >= 15 is 0 Å². The Morgan fingerprint density at radius 3 is 2.38 bits per heavy atom. The highest BCUT2D eigenvalue weighted by Gasteiger charge is 2.34. The minimum absolute atomic E-state index is 0.197. The van der Waals surface area contributed by atoms with E-state index < -0.39 is 18.6 Å². The van der Waals surface area contributed by atoms with Gasteiger partial charge in [-0.1, -0.05) is 35.9 Å². The molecule has 0 saturated heterocycles. The molecule has 0 atom stereocenters. The van der Waals surface area contributed by atoms with Gasteiger partial charge in [-0.2, -0.15) is 13.2 Å². The van der Waals surface area contributed by atoms with Crippen molar-refractivity contribution in [2.75, 3.05) is 13.7 Å². The number of carbonyl (C=O) groups excluding carboxylic acids is 1. The second kappa shape index (κ2) is 8.61. The Morgan fingerprint density at radius 1 is 1.07 bits per heavy atom. The molecule has 0 aliphatic carbocycles. The maximum atomic E-state index is 13.1. The molecule has 152 valence electrons. The summed E-state index contributed by atoms with van der Waals surface area (Å²) in [7, 11) is 1.49. The molecule has 1 amide bonds. The Kier molecular flexibility index (Phi) is 6.17. The van der Waals surface area contributed by atoms with Gasteiger partial charge < -0.3 is 14.1 Å². The van der Waals surface area contributed by atoms with Gasteiger partial charge >= 0.3 is 6.18 Å². The van der Waals surface area contributed by atoms with Crippen molar-refractivity contribution < 1.29 is 27.1 Å². The van der Waals surface area contributed by atoms with Crippen molar-refractivity contribution in [3.05, 3.63) is 77.0 Å². The van der Waals surface area contributed by atoms with Crippen LogP contribution in [0.3, 0.4) is 0 Å². The molecule has 0 radical (unpaired) electrons. The second-order valence-electron chi connectivity index (χ2n) is 6.27. The number of benzene rings is 2. The van der Waals surface area contributed by atoms with Crippen LogP contribution in [-0.2, 0) is 6.54 Å². The Hall–Kier alpha value is -2.93. The molecule has 0 N–H and O–H groups in total. The van der Waals surface area contributed by atoms with E-state index in [-0.39, 0.29) is 12.3 Å². The summed E-state index contributed by atoms with van der Waals surface area (Å²) in [5.41, 5.74) is 1.08. The number of carbonyl (C=O) groups is 1. The molecule has 3 aromatic rings. The Balaban J connectivity index is 1.85. The quantitative estimate of drug-likeness (QED) is 0.502. The Morgan fingerprint density at radius 2 is 1.76 bits per heavy atom. The van der Waals surface area contributed by atoms with E-state index in [1.807, 2.05) is 0 Å². The van der Waals surface area contributed by atoms with Crippen molar-refractivity contribution in [3.8, 4) is 17.1 Å². The summed E-state index contributed by atoms with van der Waals surface area (Å²) in [5, 5.41) is 0.409. The van der Waals surface area contributed by atoms with Crippen molar-refractivity contribution >= 4 is 17.5 Å². The van der Waals surface area contributed by atoms with Crippen molar-refractivity contribution in [2.24, 2.45) is 0 Å². The molecule has 1 aromatic heterocycles. The molecule has 0 unspecified atom stereocenters. The van der Waals surface area contributed by atoms with E-state index in [1.54, 1.807) is 48.5 Å². The van der Waals surface area contributed by atoms with Gasteiger partial charge in [-0.15, -0.1) is 0 Å². The van der Waals surface area contributed by atoms with Gasteiger partial charge in [0.25, 0.3) is 5.91 Å². The van der Waals surface area contributed by atoms with Crippen LogP contribution in [0.2, 0.25) is 5.02 Å². The van der Waals surface area contributed by atoms with Gasteiger partial charge in [-0.05, 0) is 42.0 Å². The molecule has 4 nitrogen and oxygen atoms in total. The third kappa shape index (κ3) is 5.32. The lowest BCUT2D eigenvalue weighted by Crippen LogP contribution is -2.38. The number of methoxy groups -OCH3 is 1. The number of nitrogens with zero attached hydrogens (tertiary/aromatic N) is 1. The predicted octanol–water partition coefficient (Wildman–Crippen LogP) is 5.81. The molecule has 0 bridgehead atoms. The third-order valence-corrected chi connectivity index (χ3v) is 4.48. The van der Waals surface area contributed by atoms with Crippen LogP contribution >= 0.6 is 11.6 Å². The summed E-state index contributed by atoms with van der Waals surface area (Å²) in [6.07, 6.45) is -4.56. The van der Waals surface area contributed by atoms with Crippen LogP contribution in [0.1, 0.15) is 16.1 Å². The number of amides is 1. The van der Waals surface area contributed by atoms with E-state index in [2.05, 4.69) is 0 Å². The zero-order chi connectivity index (χ0) is 21.0. The zero-order valence-corrected chi connectivity index (χ0v) is 16.1. The minimum atomic E-state index is -4.56. The lowest BCUT2D eigenvalue weighted by Gasteiger charge is -2.23. The number of halogens is 4. The van der Waals surface area contributed by atoms with Crippen LogP contribution in [0.5, 0.6) is 5.75 Å². The number of alkyl halides is 3. The van der Waals surface area contributed by atoms with Gasteiger partial charge in [0.15, 0.2) is 5.76 Å². The smallest absolute Gasteiger partial charge is 0.406 e. The molecule has 8 heteroatoms. The van der Waals surface area contributed by atoms with Gasteiger partial charge in [-0.3, -0.25) is 4.79 Å². The molecule has 0 fully saturated rings. The normalized spacial score (nSPS) is 11.3. The van der Waals surface area contributed by atoms with Crippen molar-refractivity contribution in [2.45, 2.75) is 12.7 Å². The predicted molar refractivity (Wildman–Crippen MR) is 103 cm³/mol. The first-order valence-corrected chi connectivity index (χ1v) is 8.98. The highest BCUT2D eigenvalue weighted by atomic mass is 35.5. The van der Waals surface area contributed by atoms with Crippen LogP contribution in [0, 0.1) is 0 Å². The topological polar surface area (TPSA) is 42.7 Å². The molecule has 3 rings (SSSR count). The summed E-state index contributed by atoms with van der Waals surface area (Å²) in [5.74, 6) is -0.192. The first-order valence-electron chi connectivity index (χ1n) is 8.60. The highest BCUT2D eigenvalue weighted by Crippen LogP contribution is 2.30. The third-order valence-electron chi connectivity index (χ3n) is 4.15. The summed E-state index contributed by atoms with van der Waals surface area (Å²) in [6.45, 7) is -1.63. The Labute approximate surface area is 170 Å². The van der Waals surface area contributed by atoms with Crippen LogP contribution in [0.15, 0.2) is 65.1 Å². The summed E-state index contributed by atoms with van der Waals surface area (Å²) < 4.78 is 49.8. The fourth-order valence-electron chi connectivity index (χ4n) is 2.78. The maximum absolute atomic E-state index is 13.1. The molecule has 0 spiro atoms. The average molecular weight is 424 g/mol. The molecular formula is C21H17ClF3NO3. The van der Waals surface area contributed by atoms with Gasteiger partial charge in [0.1, 0.15) is 18.1 Å². The summed E-state index contributed by atoms with van der Waals surface area (Å²) in [6, 6.07) is 16.1. The highest BCUT2D eigenvalue weighted by molar-refractivity contribution is 6.33. The number of furan rings is 1. The van der Waals surface area contributed by atoms with Crippen molar-refractivity contribution in [1.82, 2.24) is 4.90 Å². The molecular weight excluding hydrogens is 407 g/mol. The van der Waals surface area contributed by atoms with Gasteiger partial charge in [0.2, 0.25) is 0 Å². The van der Waals surface area contributed by atoms with E-state index in [0.29, 0.717) is 32.6 Å². The number of hydrogen-bond acceptors (Lipinski definition) is 3. The number of rotatable bonds is 6. The maximum Gasteiger partial charge on any atom is 0.406 e. The first kappa shape index (κ1) is 20.8. The van der Waals surface area contributed by atoms with Gasteiger partial charge in [-0.25, -0.2) is 0 Å². The number of ether oxygens (including phenoxy) is 1. The van der Waals surface area contributed by atoms with E-state index in [4.69, 9.17) is 20.8 Å². The average Bonchev–Trinajstić information content (AvgIpc) is 3.16. The van der Waals surface area contributed by atoms with Crippen molar-refractivity contribution in [3.63, 3.8) is 0 Å². The lowest BCUT2D eigenvalue weighted by atomic mass is 10.2. The fourth-order valence-corrected chi connectivity index (χ4v) is 3.01. The zero-order valence-electron chi connectivity index (χ0n) is 15.4. The summed E-state index contributed by atoms with van der Waals surface area (Å²) in [4.78, 5) is 13.4. The minimum Gasteiger partial charge on any atom is -0.497 e. The first-order chi connectivity index (χ1) is 13.8. The van der Waals surface area contributed by atoms with Crippen LogP contribution in [0.4, 0.5) is 13.2 Å². The molecule has 1 heterocycles. The van der Waals surface area contributed by atoms with Crippen LogP contribution in [0.25, 0.3) is 11.3 Å². The van der Waals surface area contributed by atoms with Crippen LogP contribution < -0.4 is 4.74 Å². The second-order valence-corrected chi connectivity index (χ2v) is 6.68. The van der Waals surface area contributed by atoms with Gasteiger partial charge in [0.05, 0.1) is 12.1 Å². The molecule has 29 heavy (non-hydrogen) atoms. The largest absolute Gasteiger partial charge is 0.497 e. The molecule has 0 saturated carbocycles. The fraction of sp³-hybridized carbons (Fsp3) is 0.190. The molecule has 0 aliphatic heterocycles. The molecule has 2 aromatic carbocycles. The van der Waals surface area contributed by atoms with Crippen LogP contribution in [-0.4, -0.2) is 30.6 Å². The standard InChI is InChI=1S/C21H17ClF3NO3/c1-28-15-8-6-14(7-9-15)12-26(13-21(23,24)25)20(27)19-11-10-18(29-19)16-4-2-3-5-17(16)22/h2-11H,12-13H2,1H3. The molecule has 0 aliphatic rings. The van der Waals surface area contributed by atoms with E-state index in [0.717, 1.165) is 0 Å². The van der Waals surface area contributed by atoms with Crippen molar-refractivity contribution in [1.29, 1.82) is 0 Å². The van der Waals surface area contributed by atoms with E-state index in [1.165, 1.54) is 19.2 Å². The SMILES string of the molecule is COc1ccc(CN(CC(F)(F)F)C(=O)c2ccc(-c3ccccc3Cl)o2)cc1. The summed E-state index contributed by atoms with van der Waals surface area (Å²) >= 11 is 6.11. The lowest BCUT2D eigenvalue weighted by molar-refractivity contribution is -0.141. The van der Waals surface area contributed by atoms with E-state index in [9.17, 15) is 18.0 Å². The monoisotopic (exact) mass is 423 g/mol. The van der Waals surface area contributed by atoms with Gasteiger partial charge in [0, 0.05) is 12.1 Å². The Bertz CT molecular complexity index is 983. The number of hydrogen-bond donors (Lipinski definition) is 0.